The first-order valence-corrected chi connectivity index (χ1v) is 6.35. The van der Waals surface area contributed by atoms with Gasteiger partial charge in [-0.15, -0.1) is 0 Å². The summed E-state index contributed by atoms with van der Waals surface area (Å²) in [5.74, 6) is 0. The van der Waals surface area contributed by atoms with E-state index in [1.54, 1.807) is 0 Å². The molecule has 17 heavy (non-hydrogen) atoms. The van der Waals surface area contributed by atoms with Gasteiger partial charge in [0, 0.05) is 52.4 Å². The topological polar surface area (TPSA) is 9.23 Å². The predicted molar refractivity (Wildman–Crippen MR) is 68.4 cm³/mol. The van der Waals surface area contributed by atoms with Gasteiger partial charge in [-0.05, 0) is 57.3 Å². The molecule has 0 aromatic carbocycles. The van der Waals surface area contributed by atoms with Crippen LogP contribution in [0.1, 0.15) is 54.4 Å². The summed E-state index contributed by atoms with van der Waals surface area (Å²) in [6.07, 6.45) is 2.37. The quantitative estimate of drug-likeness (QED) is 0.670. The van der Waals surface area contributed by atoms with E-state index < -0.39 is 0 Å². The molecule has 0 saturated carbocycles. The SMILES string of the molecule is CC1=C(C)C(C)(C)C(C2(C)CCCO2)=C1C.[Sm]. The molecule has 1 aliphatic heterocycles. The molecule has 1 heterocycles. The van der Waals surface area contributed by atoms with E-state index in [9.17, 15) is 0 Å². The van der Waals surface area contributed by atoms with Crippen molar-refractivity contribution >= 4 is 0 Å². The number of rotatable bonds is 1. The first-order chi connectivity index (χ1) is 7.31. The Bertz CT molecular complexity index is 382. The van der Waals surface area contributed by atoms with Gasteiger partial charge in [0.05, 0.1) is 5.60 Å². The Hall–Kier alpha value is 0.778. The largest absolute Gasteiger partial charge is 0.371 e. The first-order valence-electron chi connectivity index (χ1n) is 6.35. The molecular weight excluding hydrogens is 347 g/mol. The molecule has 1 saturated heterocycles. The average Bonchev–Trinajstić information content (AvgIpc) is 2.67. The normalized spacial score (nSPS) is 32.1. The Morgan fingerprint density at radius 3 is 1.94 bits per heavy atom. The standard InChI is InChI=1S/C15H24O.Sm/c1-10-11(2)13(14(4,5)12(10)3)15(6)8-7-9-16-15;/h7-9H2,1-6H3;. The van der Waals surface area contributed by atoms with Gasteiger partial charge in [0.15, 0.2) is 0 Å². The Morgan fingerprint density at radius 2 is 1.59 bits per heavy atom. The van der Waals surface area contributed by atoms with Crippen LogP contribution in [0.2, 0.25) is 0 Å². The third-order valence-electron chi connectivity index (χ3n) is 4.81. The number of ether oxygens (including phenoxy) is 1. The van der Waals surface area contributed by atoms with Gasteiger partial charge >= 0.3 is 0 Å². The van der Waals surface area contributed by atoms with Gasteiger partial charge in [-0.25, -0.2) is 0 Å². The van der Waals surface area contributed by atoms with Crippen molar-refractivity contribution in [2.45, 2.75) is 60.0 Å². The number of allylic oxidation sites excluding steroid dienone is 3. The van der Waals surface area contributed by atoms with Crippen LogP contribution < -0.4 is 0 Å². The monoisotopic (exact) mass is 372 g/mol. The second-order valence-corrected chi connectivity index (χ2v) is 6.06. The number of hydrogen-bond acceptors (Lipinski definition) is 1. The van der Waals surface area contributed by atoms with E-state index in [2.05, 4.69) is 41.5 Å². The van der Waals surface area contributed by atoms with Crippen molar-refractivity contribution < 1.29 is 45.1 Å². The molecular formula is C15H24OSm. The van der Waals surface area contributed by atoms with Crippen LogP contribution in [0.25, 0.3) is 0 Å². The molecule has 2 aliphatic rings. The van der Waals surface area contributed by atoms with E-state index >= 15 is 0 Å². The molecule has 1 unspecified atom stereocenters. The van der Waals surface area contributed by atoms with Crippen LogP contribution in [0, 0.1) is 45.8 Å². The molecule has 2 rings (SSSR count). The van der Waals surface area contributed by atoms with E-state index in [1.807, 2.05) is 0 Å². The summed E-state index contributed by atoms with van der Waals surface area (Å²) in [5, 5.41) is 0. The fraction of sp³-hybridized carbons (Fsp3) is 0.733. The van der Waals surface area contributed by atoms with Gasteiger partial charge in [0.25, 0.3) is 0 Å². The second-order valence-electron chi connectivity index (χ2n) is 6.06. The fourth-order valence-electron chi connectivity index (χ4n) is 3.63. The summed E-state index contributed by atoms with van der Waals surface area (Å²) >= 11 is 0. The third-order valence-corrected chi connectivity index (χ3v) is 4.81. The maximum absolute atomic E-state index is 6.04. The van der Waals surface area contributed by atoms with E-state index in [1.165, 1.54) is 35.1 Å². The van der Waals surface area contributed by atoms with Gasteiger partial charge in [0.2, 0.25) is 0 Å². The fourth-order valence-corrected chi connectivity index (χ4v) is 3.63. The molecule has 0 N–H and O–H groups in total. The van der Waals surface area contributed by atoms with Crippen molar-refractivity contribution in [1.82, 2.24) is 0 Å². The summed E-state index contributed by atoms with van der Waals surface area (Å²) in [7, 11) is 0. The van der Waals surface area contributed by atoms with Crippen molar-refractivity contribution in [3.63, 3.8) is 0 Å². The van der Waals surface area contributed by atoms with E-state index in [0.29, 0.717) is 0 Å². The van der Waals surface area contributed by atoms with Gasteiger partial charge in [0.1, 0.15) is 0 Å². The summed E-state index contributed by atoms with van der Waals surface area (Å²) in [5.41, 5.74) is 6.12. The van der Waals surface area contributed by atoms with Crippen LogP contribution in [-0.4, -0.2) is 12.2 Å². The zero-order chi connectivity index (χ0) is 12.1. The van der Waals surface area contributed by atoms with Crippen molar-refractivity contribution in [2.24, 2.45) is 5.41 Å². The van der Waals surface area contributed by atoms with Crippen molar-refractivity contribution in [2.75, 3.05) is 6.61 Å². The minimum absolute atomic E-state index is 0. The van der Waals surface area contributed by atoms with Gasteiger partial charge in [-0.1, -0.05) is 19.4 Å². The molecule has 0 bridgehead atoms. The zero-order valence-electron chi connectivity index (χ0n) is 11.9. The molecule has 0 spiro atoms. The van der Waals surface area contributed by atoms with Crippen LogP contribution in [0.4, 0.5) is 0 Å². The predicted octanol–water partition coefficient (Wildman–Crippen LogP) is 4.25. The molecule has 0 aromatic heterocycles. The van der Waals surface area contributed by atoms with Crippen LogP contribution in [0.5, 0.6) is 0 Å². The minimum atomic E-state index is -0.0212. The van der Waals surface area contributed by atoms with Crippen molar-refractivity contribution in [3.8, 4) is 0 Å². The molecule has 0 amide bonds. The average molecular weight is 371 g/mol. The number of hydrogen-bond donors (Lipinski definition) is 0. The van der Waals surface area contributed by atoms with Crippen molar-refractivity contribution in [3.05, 3.63) is 22.3 Å². The van der Waals surface area contributed by atoms with E-state index in [-0.39, 0.29) is 51.4 Å². The zero-order valence-corrected chi connectivity index (χ0v) is 14.6. The Morgan fingerprint density at radius 1 is 1.00 bits per heavy atom. The van der Waals surface area contributed by atoms with Crippen LogP contribution in [0.15, 0.2) is 22.3 Å². The second kappa shape index (κ2) is 5.04. The molecule has 0 aromatic rings. The van der Waals surface area contributed by atoms with Crippen LogP contribution in [-0.2, 0) is 4.74 Å². The molecule has 1 atom stereocenters. The van der Waals surface area contributed by atoms with E-state index in [4.69, 9.17) is 4.74 Å². The summed E-state index contributed by atoms with van der Waals surface area (Å²) in [4.78, 5) is 0. The molecule has 1 nitrogen and oxygen atoms in total. The molecule has 0 radical (unpaired) electrons. The summed E-state index contributed by atoms with van der Waals surface area (Å²) < 4.78 is 6.04. The molecule has 1 aliphatic carbocycles. The Kier molecular flexibility index (Phi) is 4.70. The maximum Gasteiger partial charge on any atom is 0.0878 e. The van der Waals surface area contributed by atoms with Crippen LogP contribution >= 0.6 is 0 Å². The summed E-state index contributed by atoms with van der Waals surface area (Å²) in [6, 6.07) is 0. The van der Waals surface area contributed by atoms with Gasteiger partial charge in [-0.3, -0.25) is 0 Å². The minimum Gasteiger partial charge on any atom is -0.371 e. The van der Waals surface area contributed by atoms with Crippen LogP contribution in [0.3, 0.4) is 0 Å². The smallest absolute Gasteiger partial charge is 0.0878 e. The van der Waals surface area contributed by atoms with Gasteiger partial charge < -0.3 is 4.74 Å². The summed E-state index contributed by atoms with van der Waals surface area (Å²) in [6.45, 7) is 14.6. The Balaban J connectivity index is 0.00000144. The van der Waals surface area contributed by atoms with E-state index in [0.717, 1.165) is 6.61 Å². The Labute approximate surface area is 138 Å². The molecule has 2 heteroatoms. The third kappa shape index (κ3) is 2.32. The van der Waals surface area contributed by atoms with Crippen molar-refractivity contribution in [1.29, 1.82) is 0 Å². The maximum atomic E-state index is 6.04. The van der Waals surface area contributed by atoms with Gasteiger partial charge in [-0.2, -0.15) is 0 Å². The molecule has 96 valence electrons. The first kappa shape index (κ1) is 15.8. The molecule has 1 fully saturated rings.